The molecule has 0 fully saturated rings. The van der Waals surface area contributed by atoms with Crippen molar-refractivity contribution >= 4 is 167 Å². The predicted molar refractivity (Wildman–Crippen MR) is 521 cm³/mol. The van der Waals surface area contributed by atoms with E-state index in [2.05, 4.69) is 210 Å². The third-order valence-corrected chi connectivity index (χ3v) is 12.5. The van der Waals surface area contributed by atoms with Crippen molar-refractivity contribution in [2.24, 2.45) is 0 Å². The fraction of sp³-hybridized carbons (Fsp3) is 0.349. The van der Waals surface area contributed by atoms with E-state index >= 15 is 0 Å². The molecule has 0 aliphatic heterocycles. The van der Waals surface area contributed by atoms with Crippen LogP contribution in [0.1, 0.15) is 27.7 Å². The maximum atomic E-state index is 5.60. The fourth-order valence-corrected chi connectivity index (χ4v) is 7.85. The molecule has 644 valence electrons. The number of halogens is 5. The molecule has 0 unspecified atom stereocenters. The van der Waals surface area contributed by atoms with Gasteiger partial charge in [0.15, 0.2) is 0 Å². The van der Waals surface area contributed by atoms with Crippen molar-refractivity contribution in [2.75, 3.05) is 185 Å². The number of nitrogens with two attached hydrogens (primary N) is 2. The lowest BCUT2D eigenvalue weighted by molar-refractivity contribution is 0.277. The Morgan fingerprint density at radius 1 is 0.259 bits per heavy atom. The Morgan fingerprint density at radius 3 is 0.536 bits per heavy atom. The van der Waals surface area contributed by atoms with Crippen molar-refractivity contribution in [3.63, 3.8) is 0 Å². The molecule has 0 aliphatic rings. The highest BCUT2D eigenvalue weighted by Crippen LogP contribution is 2.37. The number of hydrogen-bond acceptors (Lipinski definition) is 24. The van der Waals surface area contributed by atoms with Gasteiger partial charge in [-0.3, -0.25) is 0 Å². The number of nitrogen functional groups attached to an aromatic ring is 2. The monoisotopic (exact) mass is 2000 g/mol. The van der Waals surface area contributed by atoms with Crippen LogP contribution in [-0.2, 0) is 28.4 Å². The summed E-state index contributed by atoms with van der Waals surface area (Å²) in [4.78, 5) is 5.44. The van der Waals surface area contributed by atoms with Gasteiger partial charge in [0.25, 0.3) is 0 Å². The first kappa shape index (κ1) is 136. The quantitative estimate of drug-likeness (QED) is 0.0278. The Labute approximate surface area is 752 Å². The second kappa shape index (κ2) is 114. The number of methoxy groups -OCH3 is 16. The molecular formula is C83H135Br5N2O16S6. The van der Waals surface area contributed by atoms with Gasteiger partial charge in [0.1, 0.15) is 66.4 Å². The van der Waals surface area contributed by atoms with Gasteiger partial charge in [-0.1, -0.05) is 110 Å². The standard InChI is InChI=1S/C8H10BrNO2.C8H9BrO2S.C7H9NO.5C7H8OS.2C3H6.6C2H6O.C2H6.C2H4.3CH3Br/c1-11-6-3-5(10)4-7(12-2)8(6)9;1-10-6-3-5(12)4-7(11-2)8(6)9;1-9-7-4-2-3-6(8)5-7;5*1-8-6-3-2-4-7(9)5-6;8*1-3-2;5*1-2/h3-4H,10H2,1-2H3;3-4,12H,1-2H3;2-5H,8H2,1H3;5*2-5,9H,1H3;2*3H,1H2,2H3;6*1-2H3;1-2H3;1-2H2;3*1H3. The Balaban J connectivity index is -0.0000000861. The highest BCUT2D eigenvalue weighted by atomic mass is 79.9. The Bertz CT molecular complexity index is 2740. The van der Waals surface area contributed by atoms with Crippen LogP contribution in [0.15, 0.2) is 247 Å². The van der Waals surface area contributed by atoms with Crippen molar-refractivity contribution in [2.45, 2.75) is 57.1 Å². The van der Waals surface area contributed by atoms with Gasteiger partial charge in [0.05, 0.1) is 71.1 Å². The van der Waals surface area contributed by atoms with E-state index in [0.717, 1.165) is 90.0 Å². The molecule has 0 bridgehead atoms. The molecule has 18 nitrogen and oxygen atoms in total. The minimum atomic E-state index is 0.618. The largest absolute Gasteiger partial charge is 0.497 e. The normalized spacial score (nSPS) is 7.89. The van der Waals surface area contributed by atoms with E-state index < -0.39 is 0 Å². The van der Waals surface area contributed by atoms with Gasteiger partial charge in [-0.15, -0.1) is 102 Å². The first-order valence-corrected chi connectivity index (χ1v) is 41.2. The van der Waals surface area contributed by atoms with E-state index in [1.807, 2.05) is 197 Å². The van der Waals surface area contributed by atoms with Gasteiger partial charge in [-0.2, -0.15) is 0 Å². The average Bonchev–Trinajstić information content (AvgIpc) is 0.854. The van der Waals surface area contributed by atoms with Crippen LogP contribution in [0.25, 0.3) is 0 Å². The molecule has 8 aromatic carbocycles. The van der Waals surface area contributed by atoms with E-state index in [-0.39, 0.29) is 0 Å². The van der Waals surface area contributed by atoms with Crippen LogP contribution in [0.2, 0.25) is 0 Å². The van der Waals surface area contributed by atoms with E-state index in [4.69, 9.17) is 58.8 Å². The molecular weight excluding hydrogens is 1870 g/mol. The Kier molecular flexibility index (Phi) is 139. The van der Waals surface area contributed by atoms with Gasteiger partial charge < -0.3 is 87.3 Å². The van der Waals surface area contributed by atoms with Crippen molar-refractivity contribution in [3.8, 4) is 57.5 Å². The van der Waals surface area contributed by atoms with Gasteiger partial charge in [-0.05, 0) is 178 Å². The zero-order valence-electron chi connectivity index (χ0n) is 71.4. The van der Waals surface area contributed by atoms with Crippen LogP contribution in [0.5, 0.6) is 57.5 Å². The molecule has 0 aromatic heterocycles. The molecule has 4 N–H and O–H groups in total. The maximum Gasteiger partial charge on any atom is 0.138 e. The molecule has 0 amide bonds. The van der Waals surface area contributed by atoms with E-state index in [1.165, 1.54) is 0 Å². The SMILES string of the molecule is C=C.C=CC.C=CC.CBr.CBr.CBr.CC.COC.COC.COC.COC.COC.COC.COc1cc(N)cc(OC)c1Br.COc1cc(S)cc(OC)c1Br.COc1cccc(N)c1.COc1cccc(S)c1.COc1cccc(S)c1.COc1cccc(S)c1.COc1cccc(S)c1.COc1cccc(S)c1. The van der Waals surface area contributed by atoms with Crippen LogP contribution in [-0.4, -0.2) is 174 Å². The lowest BCUT2D eigenvalue weighted by Gasteiger charge is -2.08. The Morgan fingerprint density at radius 2 is 0.411 bits per heavy atom. The van der Waals surface area contributed by atoms with Crippen LogP contribution in [0.4, 0.5) is 11.4 Å². The smallest absolute Gasteiger partial charge is 0.138 e. The molecule has 0 saturated heterocycles. The van der Waals surface area contributed by atoms with Crippen molar-refractivity contribution in [1.82, 2.24) is 0 Å². The number of ether oxygens (including phenoxy) is 16. The van der Waals surface area contributed by atoms with Crippen LogP contribution < -0.4 is 58.8 Å². The number of hydrogen-bond donors (Lipinski definition) is 8. The molecule has 0 saturated carbocycles. The van der Waals surface area contributed by atoms with E-state index in [1.54, 1.807) is 187 Å². The summed E-state index contributed by atoms with van der Waals surface area (Å²) in [7, 11) is 35.7. The molecule has 0 heterocycles. The minimum Gasteiger partial charge on any atom is -0.497 e. The highest BCUT2D eigenvalue weighted by Gasteiger charge is 2.09. The first-order chi connectivity index (χ1) is 53.6. The molecule has 0 radical (unpaired) electrons. The van der Waals surface area contributed by atoms with Gasteiger partial charge in [-0.25, -0.2) is 0 Å². The molecule has 112 heavy (non-hydrogen) atoms. The van der Waals surface area contributed by atoms with E-state index in [0.29, 0.717) is 17.2 Å². The number of rotatable bonds is 10. The van der Waals surface area contributed by atoms with E-state index in [9.17, 15) is 0 Å². The lowest BCUT2D eigenvalue weighted by Crippen LogP contribution is -1.93. The second-order valence-electron chi connectivity index (χ2n) is 18.0. The second-order valence-corrected chi connectivity index (χ2v) is 22.6. The first-order valence-electron chi connectivity index (χ1n) is 32.2. The summed E-state index contributed by atoms with van der Waals surface area (Å²) in [6.07, 6.45) is 3.50. The summed E-state index contributed by atoms with van der Waals surface area (Å²) in [5.74, 6) is 13.3. The highest BCUT2D eigenvalue weighted by molar-refractivity contribution is 9.11. The van der Waals surface area contributed by atoms with Gasteiger partial charge in [0, 0.05) is 144 Å². The van der Waals surface area contributed by atoms with Crippen LogP contribution >= 0.6 is 155 Å². The Hall–Kier alpha value is -5.16. The predicted octanol–water partition coefficient (Wildman–Crippen LogP) is 24.8. The number of thiol groups is 6. The lowest BCUT2D eigenvalue weighted by atomic mass is 10.3. The summed E-state index contributed by atoms with van der Waals surface area (Å²) < 4.78 is 77.0. The zero-order chi connectivity index (χ0) is 90.1. The van der Waals surface area contributed by atoms with Crippen LogP contribution in [0.3, 0.4) is 0 Å². The molecule has 8 rings (SSSR count). The molecule has 0 spiro atoms. The van der Waals surface area contributed by atoms with Crippen molar-refractivity contribution in [3.05, 3.63) is 217 Å². The molecule has 0 atom stereocenters. The van der Waals surface area contributed by atoms with Crippen molar-refractivity contribution < 1.29 is 75.8 Å². The summed E-state index contributed by atoms with van der Waals surface area (Å²) in [5.41, 5.74) is 12.4. The third-order valence-electron chi connectivity index (χ3n) is 9.26. The number of allylic oxidation sites excluding steroid dienone is 2. The van der Waals surface area contributed by atoms with Gasteiger partial charge >= 0.3 is 0 Å². The zero-order valence-corrected chi connectivity index (χ0v) is 84.7. The topological polar surface area (TPSA) is 200 Å². The minimum absolute atomic E-state index is 0.618. The third kappa shape index (κ3) is 99.0. The number of anilines is 2. The molecule has 8 aromatic rings. The van der Waals surface area contributed by atoms with Crippen LogP contribution in [0, 0.1) is 0 Å². The summed E-state index contributed by atoms with van der Waals surface area (Å²) in [5, 5.41) is 0. The van der Waals surface area contributed by atoms with Gasteiger partial charge in [0.2, 0.25) is 0 Å². The summed E-state index contributed by atoms with van der Waals surface area (Å²) in [6, 6.07) is 52.2. The summed E-state index contributed by atoms with van der Waals surface area (Å²) in [6.45, 7) is 20.5. The molecule has 29 heteroatoms. The fourth-order valence-electron chi connectivity index (χ4n) is 5.44. The summed E-state index contributed by atoms with van der Waals surface area (Å²) >= 11 is 40.3. The van der Waals surface area contributed by atoms with Crippen molar-refractivity contribution in [1.29, 1.82) is 0 Å². The average molecular weight is 2010 g/mol. The number of alkyl halides is 3. The maximum absolute atomic E-state index is 5.60. The molecule has 0 aliphatic carbocycles. The number of benzene rings is 8.